The molecular weight excluding hydrogens is 567 g/mol. The number of hydrogen-bond acceptors (Lipinski definition) is 10. The van der Waals surface area contributed by atoms with E-state index in [0.717, 1.165) is 37.9 Å². The Morgan fingerprint density at radius 1 is 1.02 bits per heavy atom. The van der Waals surface area contributed by atoms with E-state index in [0.29, 0.717) is 30.6 Å². The first-order chi connectivity index (χ1) is 18.7. The third-order valence-corrected chi connectivity index (χ3v) is 7.01. The van der Waals surface area contributed by atoms with E-state index in [-0.39, 0.29) is 11.4 Å². The SMILES string of the molecule is CCC1CCCN(N(Cc2ccc(F)cc2)Cc2cccc(/C(=C/C(=O)OS(N)(=O)=O)C(=O)OS(N)(=O)=O)c2)C1. The normalized spacial score (nSPS) is 17.0. The maximum absolute atomic E-state index is 13.5. The van der Waals surface area contributed by atoms with Gasteiger partial charge in [-0.15, -0.1) is 0 Å². The van der Waals surface area contributed by atoms with Crippen LogP contribution in [0.25, 0.3) is 5.57 Å². The second kappa shape index (κ2) is 13.4. The second-order valence-electron chi connectivity index (χ2n) is 9.30. The minimum atomic E-state index is -4.76. The Labute approximate surface area is 232 Å². The van der Waals surface area contributed by atoms with Gasteiger partial charge in [-0.3, -0.25) is 0 Å². The Kier molecular flexibility index (Phi) is 10.5. The summed E-state index contributed by atoms with van der Waals surface area (Å²) in [5.41, 5.74) is 0.939. The molecule has 1 aliphatic rings. The topological polar surface area (TPSA) is 179 Å². The molecule has 1 fully saturated rings. The van der Waals surface area contributed by atoms with E-state index in [1.54, 1.807) is 24.3 Å². The molecule has 1 unspecified atom stereocenters. The number of piperidine rings is 1. The molecule has 0 aromatic heterocycles. The van der Waals surface area contributed by atoms with Crippen molar-refractivity contribution in [2.45, 2.75) is 39.3 Å². The van der Waals surface area contributed by atoms with Gasteiger partial charge in [0.25, 0.3) is 0 Å². The Morgan fingerprint density at radius 3 is 2.30 bits per heavy atom. The Morgan fingerprint density at radius 2 is 1.68 bits per heavy atom. The van der Waals surface area contributed by atoms with E-state index < -0.39 is 38.1 Å². The first kappa shape index (κ1) is 31.3. The van der Waals surface area contributed by atoms with Gasteiger partial charge in [0.2, 0.25) is 0 Å². The average Bonchev–Trinajstić information content (AvgIpc) is 2.86. The summed E-state index contributed by atoms with van der Waals surface area (Å²) in [6.07, 6.45) is 3.58. The molecule has 2 aromatic rings. The molecule has 2 aromatic carbocycles. The van der Waals surface area contributed by atoms with Gasteiger partial charge in [-0.1, -0.05) is 43.7 Å². The zero-order chi connectivity index (χ0) is 29.5. The number of benzene rings is 2. The highest BCUT2D eigenvalue weighted by Gasteiger charge is 2.25. The number of rotatable bonds is 11. The van der Waals surface area contributed by atoms with Crippen molar-refractivity contribution in [3.05, 3.63) is 77.1 Å². The van der Waals surface area contributed by atoms with E-state index >= 15 is 0 Å². The molecule has 3 rings (SSSR count). The second-order valence-corrected chi connectivity index (χ2v) is 11.6. The quantitative estimate of drug-likeness (QED) is 0.362. The van der Waals surface area contributed by atoms with Gasteiger partial charge in [0, 0.05) is 32.3 Å². The molecule has 0 spiro atoms. The van der Waals surface area contributed by atoms with Crippen LogP contribution < -0.4 is 10.3 Å². The van der Waals surface area contributed by atoms with Crippen molar-refractivity contribution in [2.24, 2.45) is 16.2 Å². The van der Waals surface area contributed by atoms with E-state index in [4.69, 9.17) is 10.3 Å². The molecule has 15 heteroatoms. The third-order valence-electron chi connectivity index (χ3n) is 6.23. The van der Waals surface area contributed by atoms with Crippen molar-refractivity contribution in [3.8, 4) is 0 Å². The van der Waals surface area contributed by atoms with Gasteiger partial charge in [0.1, 0.15) is 5.82 Å². The van der Waals surface area contributed by atoms with Crippen LogP contribution in [-0.2, 0) is 51.7 Å². The van der Waals surface area contributed by atoms with E-state index in [2.05, 4.69) is 25.3 Å². The minimum Gasteiger partial charge on any atom is -0.330 e. The first-order valence-electron chi connectivity index (χ1n) is 12.3. The van der Waals surface area contributed by atoms with Crippen LogP contribution in [0.5, 0.6) is 0 Å². The van der Waals surface area contributed by atoms with Crippen molar-refractivity contribution in [3.63, 3.8) is 0 Å². The molecule has 0 aliphatic carbocycles. The number of nitrogens with two attached hydrogens (primary N) is 2. The monoisotopic (exact) mass is 598 g/mol. The van der Waals surface area contributed by atoms with Crippen molar-refractivity contribution in [2.75, 3.05) is 13.1 Å². The zero-order valence-corrected chi connectivity index (χ0v) is 23.4. The predicted octanol–water partition coefficient (Wildman–Crippen LogP) is 1.74. The Bertz CT molecular complexity index is 1460. The summed E-state index contributed by atoms with van der Waals surface area (Å²) >= 11 is 0. The molecule has 1 heterocycles. The van der Waals surface area contributed by atoms with Gasteiger partial charge in [0.05, 0.1) is 5.57 Å². The van der Waals surface area contributed by atoms with Gasteiger partial charge in [-0.05, 0) is 53.6 Å². The smallest absolute Gasteiger partial charge is 0.330 e. The summed E-state index contributed by atoms with van der Waals surface area (Å²) in [7, 11) is -9.48. The summed E-state index contributed by atoms with van der Waals surface area (Å²) in [5, 5.41) is 13.8. The maximum Gasteiger partial charge on any atom is 0.382 e. The fourth-order valence-corrected chi connectivity index (χ4v) is 4.98. The number of hydrogen-bond donors (Lipinski definition) is 2. The summed E-state index contributed by atoms with van der Waals surface area (Å²) < 4.78 is 66.8. The average molecular weight is 599 g/mol. The van der Waals surface area contributed by atoms with Gasteiger partial charge >= 0.3 is 32.5 Å². The number of carbonyl (C=O) groups excluding carboxylic acids is 2. The summed E-state index contributed by atoms with van der Waals surface area (Å²) in [4.78, 5) is 24.7. The lowest BCUT2D eigenvalue weighted by atomic mass is 9.96. The molecule has 1 saturated heterocycles. The molecule has 0 bridgehead atoms. The Hall–Kier alpha value is -3.21. The van der Waals surface area contributed by atoms with Gasteiger partial charge < -0.3 is 8.37 Å². The molecule has 40 heavy (non-hydrogen) atoms. The lowest BCUT2D eigenvalue weighted by Crippen LogP contribution is -2.47. The van der Waals surface area contributed by atoms with Crippen LogP contribution in [0.15, 0.2) is 54.6 Å². The highest BCUT2D eigenvalue weighted by atomic mass is 32.2. The van der Waals surface area contributed by atoms with Crippen molar-refractivity contribution >= 4 is 38.1 Å². The highest BCUT2D eigenvalue weighted by molar-refractivity contribution is 7.85. The maximum atomic E-state index is 13.5. The highest BCUT2D eigenvalue weighted by Crippen LogP contribution is 2.25. The molecule has 1 atom stereocenters. The Balaban J connectivity index is 1.96. The summed E-state index contributed by atoms with van der Waals surface area (Å²) in [6.45, 7) is 4.56. The molecule has 0 amide bonds. The van der Waals surface area contributed by atoms with Gasteiger partial charge in [-0.25, -0.2) is 24.0 Å². The molecule has 218 valence electrons. The molecular formula is C25H31FN4O8S2. The van der Waals surface area contributed by atoms with Crippen LogP contribution >= 0.6 is 0 Å². The van der Waals surface area contributed by atoms with E-state index in [9.17, 15) is 30.8 Å². The number of hydrazine groups is 1. The van der Waals surface area contributed by atoms with E-state index in [1.165, 1.54) is 24.3 Å². The summed E-state index contributed by atoms with van der Waals surface area (Å²) in [6, 6.07) is 12.4. The fourth-order valence-electron chi connectivity index (χ4n) is 4.40. The largest absolute Gasteiger partial charge is 0.382 e. The summed E-state index contributed by atoms with van der Waals surface area (Å²) in [5.74, 6) is -2.93. The number of nitrogens with zero attached hydrogens (tertiary/aromatic N) is 2. The number of carbonyl (C=O) groups is 2. The standard InChI is InChI=1S/C25H31FN4O8S2/c1-2-18-6-4-12-29(15-18)30(16-19-8-10-22(26)11-9-19)17-20-5-3-7-21(13-20)23(25(32)38-40(28,35)36)14-24(31)37-39(27,33)34/h3,5,7-11,13-14,18H,2,4,6,12,15-17H2,1H3,(H2,27,33,34)(H2,28,35,36)/b23-14-. The lowest BCUT2D eigenvalue weighted by Gasteiger charge is -2.40. The predicted molar refractivity (Wildman–Crippen MR) is 143 cm³/mol. The number of halogens is 1. The minimum absolute atomic E-state index is 0.0318. The molecule has 4 N–H and O–H groups in total. The van der Waals surface area contributed by atoms with Crippen LogP contribution in [-0.4, -0.2) is 51.9 Å². The lowest BCUT2D eigenvalue weighted by molar-refractivity contribution is -0.130. The van der Waals surface area contributed by atoms with Crippen molar-refractivity contribution in [1.82, 2.24) is 10.0 Å². The van der Waals surface area contributed by atoms with Crippen LogP contribution in [0.1, 0.15) is 42.9 Å². The van der Waals surface area contributed by atoms with Crippen LogP contribution in [0.3, 0.4) is 0 Å². The third kappa shape index (κ3) is 10.1. The van der Waals surface area contributed by atoms with Crippen molar-refractivity contribution in [1.29, 1.82) is 0 Å². The van der Waals surface area contributed by atoms with E-state index in [1.807, 2.05) is 0 Å². The van der Waals surface area contributed by atoms with Crippen LogP contribution in [0.2, 0.25) is 0 Å². The van der Waals surface area contributed by atoms with Gasteiger partial charge in [-0.2, -0.15) is 27.1 Å². The molecule has 0 saturated carbocycles. The van der Waals surface area contributed by atoms with Crippen LogP contribution in [0.4, 0.5) is 4.39 Å². The van der Waals surface area contributed by atoms with Crippen molar-refractivity contribution < 1.29 is 39.2 Å². The van der Waals surface area contributed by atoms with Gasteiger partial charge in [0.15, 0.2) is 0 Å². The molecule has 1 aliphatic heterocycles. The molecule has 12 nitrogen and oxygen atoms in total. The zero-order valence-electron chi connectivity index (χ0n) is 21.7. The first-order valence-corrected chi connectivity index (χ1v) is 15.2. The van der Waals surface area contributed by atoms with Crippen LogP contribution in [0, 0.1) is 11.7 Å². The molecule has 0 radical (unpaired) electrons. The fraction of sp³-hybridized carbons (Fsp3) is 0.360.